The van der Waals surface area contributed by atoms with E-state index < -0.39 is 0 Å². The predicted octanol–water partition coefficient (Wildman–Crippen LogP) is 2.48. The van der Waals surface area contributed by atoms with Gasteiger partial charge in [-0.25, -0.2) is 0 Å². The summed E-state index contributed by atoms with van der Waals surface area (Å²) in [5, 5.41) is 9.45. The Labute approximate surface area is 150 Å². The average molecular weight is 346 g/mol. The molecule has 0 saturated carbocycles. The average Bonchev–Trinajstić information content (AvgIpc) is 2.62. The molecule has 138 valence electrons. The Balaban J connectivity index is 1.89. The molecule has 0 saturated heterocycles. The molecular weight excluding hydrogens is 316 g/mol. The number of amides is 1. The molecular formula is C19H30N4O2. The van der Waals surface area contributed by atoms with E-state index in [1.165, 1.54) is 0 Å². The highest BCUT2D eigenvalue weighted by molar-refractivity contribution is 5.94. The number of rotatable bonds is 9. The number of nitrogens with one attached hydrogen (secondary N) is 3. The fourth-order valence-electron chi connectivity index (χ4n) is 2.80. The maximum absolute atomic E-state index is 11.9. The van der Waals surface area contributed by atoms with E-state index in [-0.39, 0.29) is 11.8 Å². The van der Waals surface area contributed by atoms with Crippen LogP contribution < -0.4 is 16.0 Å². The van der Waals surface area contributed by atoms with Crippen LogP contribution in [0.5, 0.6) is 0 Å². The minimum absolute atomic E-state index is 0.0567. The second kappa shape index (κ2) is 10.7. The molecule has 1 heterocycles. The zero-order chi connectivity index (χ0) is 17.9. The molecule has 1 unspecified atom stereocenters. The van der Waals surface area contributed by atoms with Crippen molar-refractivity contribution < 1.29 is 9.53 Å². The van der Waals surface area contributed by atoms with Crippen molar-refractivity contribution in [3.05, 3.63) is 29.8 Å². The van der Waals surface area contributed by atoms with Gasteiger partial charge in [-0.1, -0.05) is 31.5 Å². The maximum Gasteiger partial charge on any atom is 0.225 e. The Morgan fingerprint density at radius 3 is 2.92 bits per heavy atom. The molecule has 0 spiro atoms. The van der Waals surface area contributed by atoms with Crippen LogP contribution in [0.25, 0.3) is 0 Å². The maximum atomic E-state index is 11.9. The van der Waals surface area contributed by atoms with Crippen LogP contribution >= 0.6 is 0 Å². The third kappa shape index (κ3) is 6.38. The van der Waals surface area contributed by atoms with Gasteiger partial charge in [0.1, 0.15) is 0 Å². The highest BCUT2D eigenvalue weighted by Gasteiger charge is 2.24. The lowest BCUT2D eigenvalue weighted by Crippen LogP contribution is -2.39. The number of unbranched alkanes of at least 4 members (excludes halogenated alkanes) is 1. The van der Waals surface area contributed by atoms with Gasteiger partial charge in [0.15, 0.2) is 5.96 Å². The van der Waals surface area contributed by atoms with Gasteiger partial charge in [-0.3, -0.25) is 9.79 Å². The van der Waals surface area contributed by atoms with Gasteiger partial charge in [0.05, 0.1) is 13.2 Å². The Hall–Kier alpha value is -2.08. The van der Waals surface area contributed by atoms with Gasteiger partial charge < -0.3 is 20.7 Å². The summed E-state index contributed by atoms with van der Waals surface area (Å²) in [5.74, 6) is 0.937. The molecule has 25 heavy (non-hydrogen) atoms. The Morgan fingerprint density at radius 2 is 2.12 bits per heavy atom. The van der Waals surface area contributed by atoms with Gasteiger partial charge in [0, 0.05) is 37.7 Å². The lowest BCUT2D eigenvalue weighted by Gasteiger charge is -2.24. The Morgan fingerprint density at radius 1 is 1.28 bits per heavy atom. The van der Waals surface area contributed by atoms with Crippen molar-refractivity contribution in [2.45, 2.75) is 39.0 Å². The number of hydrogen-bond acceptors (Lipinski definition) is 3. The lowest BCUT2D eigenvalue weighted by atomic mass is 9.91. The first-order valence-electron chi connectivity index (χ1n) is 9.23. The minimum atomic E-state index is 0.0567. The molecule has 1 aliphatic rings. The van der Waals surface area contributed by atoms with Crippen LogP contribution in [0.3, 0.4) is 0 Å². The molecule has 6 nitrogen and oxygen atoms in total. The normalized spacial score (nSPS) is 17.0. The van der Waals surface area contributed by atoms with E-state index in [2.05, 4.69) is 33.9 Å². The summed E-state index contributed by atoms with van der Waals surface area (Å²) in [5.41, 5.74) is 2.06. The first kappa shape index (κ1) is 19.2. The predicted molar refractivity (Wildman–Crippen MR) is 102 cm³/mol. The number of anilines is 1. The zero-order valence-electron chi connectivity index (χ0n) is 15.3. The number of para-hydroxylation sites is 1. The molecule has 0 aromatic heterocycles. The van der Waals surface area contributed by atoms with Crippen LogP contribution in [0.4, 0.5) is 5.69 Å². The van der Waals surface area contributed by atoms with Gasteiger partial charge >= 0.3 is 0 Å². The van der Waals surface area contributed by atoms with Crippen LogP contribution in [-0.4, -0.2) is 44.7 Å². The van der Waals surface area contributed by atoms with Crippen LogP contribution in [-0.2, 0) is 9.53 Å². The summed E-state index contributed by atoms with van der Waals surface area (Å²) in [4.78, 5) is 16.6. The van der Waals surface area contributed by atoms with Crippen molar-refractivity contribution in [2.75, 3.05) is 38.2 Å². The minimum Gasteiger partial charge on any atom is -0.380 e. The van der Waals surface area contributed by atoms with Crippen molar-refractivity contribution >= 4 is 17.6 Å². The van der Waals surface area contributed by atoms with Crippen molar-refractivity contribution in [1.82, 2.24) is 10.6 Å². The first-order chi connectivity index (χ1) is 12.2. The van der Waals surface area contributed by atoms with Crippen molar-refractivity contribution in [3.8, 4) is 0 Å². The summed E-state index contributed by atoms with van der Waals surface area (Å²) in [7, 11) is 0. The summed E-state index contributed by atoms with van der Waals surface area (Å²) >= 11 is 0. The van der Waals surface area contributed by atoms with Crippen molar-refractivity contribution in [2.24, 2.45) is 4.99 Å². The lowest BCUT2D eigenvalue weighted by molar-refractivity contribution is -0.116. The fraction of sp³-hybridized carbons (Fsp3) is 0.579. The van der Waals surface area contributed by atoms with Crippen molar-refractivity contribution in [1.29, 1.82) is 0 Å². The number of nitrogens with zero attached hydrogens (tertiary/aromatic N) is 1. The van der Waals surface area contributed by atoms with Gasteiger partial charge in [0.25, 0.3) is 0 Å². The molecule has 1 aromatic carbocycles. The number of benzene rings is 1. The molecule has 0 bridgehead atoms. The molecule has 0 aliphatic carbocycles. The highest BCUT2D eigenvalue weighted by Crippen LogP contribution is 2.31. The quantitative estimate of drug-likeness (QED) is 0.365. The summed E-state index contributed by atoms with van der Waals surface area (Å²) < 4.78 is 5.56. The van der Waals surface area contributed by atoms with Crippen LogP contribution in [0.15, 0.2) is 29.3 Å². The van der Waals surface area contributed by atoms with E-state index in [1.54, 1.807) is 0 Å². The van der Waals surface area contributed by atoms with E-state index in [1.807, 2.05) is 25.1 Å². The molecule has 0 fully saturated rings. The zero-order valence-corrected chi connectivity index (χ0v) is 15.3. The van der Waals surface area contributed by atoms with E-state index >= 15 is 0 Å². The molecule has 3 N–H and O–H groups in total. The molecule has 0 radical (unpaired) electrons. The standard InChI is InChI=1S/C19H30N4O2/c1-3-5-11-25-12-10-21-19(20-4-2)22-14-15-13-18(24)23-17-9-7-6-8-16(15)17/h6-9,15H,3-5,10-14H2,1-2H3,(H,23,24)(H2,20,21,22). The number of aliphatic imine (C=N–C) groups is 1. The van der Waals surface area contributed by atoms with Crippen molar-refractivity contribution in [3.63, 3.8) is 0 Å². The molecule has 1 aromatic rings. The smallest absolute Gasteiger partial charge is 0.225 e. The summed E-state index contributed by atoms with van der Waals surface area (Å²) in [6.07, 6.45) is 2.71. The fourth-order valence-corrected chi connectivity index (χ4v) is 2.80. The Bertz CT molecular complexity index is 574. The van der Waals surface area contributed by atoms with Gasteiger partial charge in [0.2, 0.25) is 5.91 Å². The van der Waals surface area contributed by atoms with E-state index in [0.29, 0.717) is 19.6 Å². The van der Waals surface area contributed by atoms with E-state index in [0.717, 1.165) is 49.7 Å². The number of ether oxygens (including phenoxy) is 1. The SMILES string of the molecule is CCCCOCCNC(=NCC1CC(=O)Nc2ccccc21)NCC. The second-order valence-electron chi connectivity index (χ2n) is 6.15. The van der Waals surface area contributed by atoms with E-state index in [9.17, 15) is 4.79 Å². The van der Waals surface area contributed by atoms with Gasteiger partial charge in [-0.05, 0) is 25.0 Å². The van der Waals surface area contributed by atoms with Crippen LogP contribution in [0.2, 0.25) is 0 Å². The molecule has 1 atom stereocenters. The molecule has 2 rings (SSSR count). The monoisotopic (exact) mass is 346 g/mol. The second-order valence-corrected chi connectivity index (χ2v) is 6.15. The largest absolute Gasteiger partial charge is 0.380 e. The number of hydrogen-bond donors (Lipinski definition) is 3. The highest BCUT2D eigenvalue weighted by atomic mass is 16.5. The number of carbonyl (C=O) groups excluding carboxylic acids is 1. The number of fused-ring (bicyclic) bond motifs is 1. The summed E-state index contributed by atoms with van der Waals surface area (Å²) in [6.45, 7) is 7.76. The van der Waals surface area contributed by atoms with Crippen LogP contribution in [0, 0.1) is 0 Å². The third-order valence-electron chi connectivity index (χ3n) is 4.10. The topological polar surface area (TPSA) is 74.8 Å². The molecule has 6 heteroatoms. The number of guanidine groups is 1. The summed E-state index contributed by atoms with van der Waals surface area (Å²) in [6, 6.07) is 7.95. The van der Waals surface area contributed by atoms with Gasteiger partial charge in [-0.2, -0.15) is 0 Å². The molecule has 1 amide bonds. The van der Waals surface area contributed by atoms with Gasteiger partial charge in [-0.15, -0.1) is 0 Å². The number of carbonyl (C=O) groups is 1. The van der Waals surface area contributed by atoms with Crippen LogP contribution in [0.1, 0.15) is 44.6 Å². The first-order valence-corrected chi connectivity index (χ1v) is 9.23. The Kier molecular flexibility index (Phi) is 8.25. The third-order valence-corrected chi connectivity index (χ3v) is 4.10. The van der Waals surface area contributed by atoms with E-state index in [4.69, 9.17) is 4.74 Å². The molecule has 1 aliphatic heterocycles.